The van der Waals surface area contributed by atoms with Crippen molar-refractivity contribution in [2.24, 2.45) is 17.1 Å². The van der Waals surface area contributed by atoms with E-state index in [9.17, 15) is 9.59 Å². The van der Waals surface area contributed by atoms with Crippen LogP contribution >= 0.6 is 0 Å². The highest BCUT2D eigenvalue weighted by Crippen LogP contribution is 2.23. The summed E-state index contributed by atoms with van der Waals surface area (Å²) in [6.45, 7) is 8.38. The molecule has 0 fully saturated rings. The van der Waals surface area contributed by atoms with E-state index >= 15 is 0 Å². The van der Waals surface area contributed by atoms with Gasteiger partial charge in [0.25, 0.3) is 0 Å². The average Bonchev–Trinajstić information content (AvgIpc) is 2.21. The molecule has 1 amide bonds. The first kappa shape index (κ1) is 15.9. The maximum absolute atomic E-state index is 11.8. The molecule has 5 nitrogen and oxygen atoms in total. The van der Waals surface area contributed by atoms with E-state index in [1.165, 1.54) is 0 Å². The van der Waals surface area contributed by atoms with Crippen molar-refractivity contribution in [1.82, 2.24) is 5.32 Å². The molecule has 0 rings (SSSR count). The van der Waals surface area contributed by atoms with Crippen molar-refractivity contribution in [1.29, 1.82) is 0 Å². The van der Waals surface area contributed by atoms with E-state index in [0.29, 0.717) is 13.0 Å². The van der Waals surface area contributed by atoms with Gasteiger partial charge in [0, 0.05) is 6.54 Å². The number of hydrogen-bond donors (Lipinski definition) is 2. The zero-order chi connectivity index (χ0) is 13.5. The summed E-state index contributed by atoms with van der Waals surface area (Å²) < 4.78 is 4.72. The normalized spacial score (nSPS) is 13.0. The highest BCUT2D eigenvalue weighted by Gasteiger charge is 2.23. The standard InChI is InChI=1S/C12H24N2O3/c1-5-17-10(15)8-14-11(16)9(7-13)6-12(2,3)4/h9H,5-8,13H2,1-4H3,(H,14,16). The lowest BCUT2D eigenvalue weighted by Crippen LogP contribution is -2.39. The van der Waals surface area contributed by atoms with Crippen LogP contribution in [0.25, 0.3) is 0 Å². The van der Waals surface area contributed by atoms with Gasteiger partial charge in [0.1, 0.15) is 6.54 Å². The van der Waals surface area contributed by atoms with Crippen molar-refractivity contribution < 1.29 is 14.3 Å². The van der Waals surface area contributed by atoms with Crippen molar-refractivity contribution in [3.63, 3.8) is 0 Å². The Morgan fingerprint density at radius 2 is 1.94 bits per heavy atom. The highest BCUT2D eigenvalue weighted by atomic mass is 16.5. The highest BCUT2D eigenvalue weighted by molar-refractivity contribution is 5.83. The molecule has 0 bridgehead atoms. The summed E-state index contributed by atoms with van der Waals surface area (Å²) in [5, 5.41) is 2.55. The molecule has 3 N–H and O–H groups in total. The molecule has 0 saturated carbocycles. The van der Waals surface area contributed by atoms with E-state index in [1.807, 2.05) is 20.8 Å². The van der Waals surface area contributed by atoms with Crippen molar-refractivity contribution >= 4 is 11.9 Å². The van der Waals surface area contributed by atoms with Gasteiger partial charge in [0.15, 0.2) is 0 Å². The van der Waals surface area contributed by atoms with Crippen LogP contribution in [0.1, 0.15) is 34.1 Å². The van der Waals surface area contributed by atoms with Gasteiger partial charge in [-0.05, 0) is 18.8 Å². The summed E-state index contributed by atoms with van der Waals surface area (Å²) in [7, 11) is 0. The van der Waals surface area contributed by atoms with E-state index in [-0.39, 0.29) is 30.3 Å². The zero-order valence-corrected chi connectivity index (χ0v) is 11.2. The fourth-order valence-electron chi connectivity index (χ4n) is 1.54. The molecule has 0 heterocycles. The molecule has 0 aromatic carbocycles. The Hall–Kier alpha value is -1.10. The number of nitrogens with two attached hydrogens (primary N) is 1. The molecule has 0 aliphatic rings. The van der Waals surface area contributed by atoms with Crippen LogP contribution in [0.5, 0.6) is 0 Å². The van der Waals surface area contributed by atoms with Gasteiger partial charge in [0.2, 0.25) is 5.91 Å². The van der Waals surface area contributed by atoms with E-state index in [4.69, 9.17) is 10.5 Å². The smallest absolute Gasteiger partial charge is 0.325 e. The van der Waals surface area contributed by atoms with Crippen LogP contribution in [-0.2, 0) is 14.3 Å². The lowest BCUT2D eigenvalue weighted by Gasteiger charge is -2.24. The third-order valence-corrected chi connectivity index (χ3v) is 2.23. The SMILES string of the molecule is CCOC(=O)CNC(=O)C(CN)CC(C)(C)C. The first-order valence-corrected chi connectivity index (χ1v) is 5.93. The predicted octanol–water partition coefficient (Wildman–Crippen LogP) is 0.677. The Bertz CT molecular complexity index is 259. The molecular formula is C12H24N2O3. The summed E-state index contributed by atoms with van der Waals surface area (Å²) in [5.41, 5.74) is 5.60. The minimum atomic E-state index is -0.424. The Labute approximate surface area is 103 Å². The molecule has 5 heteroatoms. The third-order valence-electron chi connectivity index (χ3n) is 2.23. The quantitative estimate of drug-likeness (QED) is 0.673. The molecule has 0 spiro atoms. The number of hydrogen-bond acceptors (Lipinski definition) is 4. The fraction of sp³-hybridized carbons (Fsp3) is 0.833. The summed E-state index contributed by atoms with van der Waals surface area (Å²) in [6.07, 6.45) is 0.693. The lowest BCUT2D eigenvalue weighted by atomic mass is 9.84. The Morgan fingerprint density at radius 1 is 1.35 bits per heavy atom. The molecule has 0 aliphatic heterocycles. The van der Waals surface area contributed by atoms with E-state index < -0.39 is 5.97 Å². The van der Waals surface area contributed by atoms with Crippen LogP contribution in [-0.4, -0.2) is 31.6 Å². The lowest BCUT2D eigenvalue weighted by molar-refractivity contribution is -0.143. The minimum Gasteiger partial charge on any atom is -0.465 e. The molecule has 1 unspecified atom stereocenters. The summed E-state index contributed by atoms with van der Waals surface area (Å²) in [6, 6.07) is 0. The molecule has 0 saturated heterocycles. The monoisotopic (exact) mass is 244 g/mol. The van der Waals surface area contributed by atoms with Gasteiger partial charge < -0.3 is 15.8 Å². The van der Waals surface area contributed by atoms with Crippen molar-refractivity contribution in [2.45, 2.75) is 34.1 Å². The molecule has 0 aromatic rings. The number of carbonyl (C=O) groups excluding carboxylic acids is 2. The van der Waals surface area contributed by atoms with Gasteiger partial charge in [-0.2, -0.15) is 0 Å². The number of rotatable bonds is 6. The van der Waals surface area contributed by atoms with Gasteiger partial charge in [-0.15, -0.1) is 0 Å². The number of ether oxygens (including phenoxy) is 1. The van der Waals surface area contributed by atoms with Gasteiger partial charge in [0.05, 0.1) is 12.5 Å². The van der Waals surface area contributed by atoms with Crippen molar-refractivity contribution in [3.05, 3.63) is 0 Å². The van der Waals surface area contributed by atoms with Crippen LogP contribution in [0, 0.1) is 11.3 Å². The van der Waals surface area contributed by atoms with Crippen LogP contribution in [0.2, 0.25) is 0 Å². The molecule has 1 atom stereocenters. The van der Waals surface area contributed by atoms with Crippen LogP contribution in [0.15, 0.2) is 0 Å². The van der Waals surface area contributed by atoms with E-state index in [1.54, 1.807) is 6.92 Å². The maximum atomic E-state index is 11.8. The Morgan fingerprint density at radius 3 is 2.35 bits per heavy atom. The van der Waals surface area contributed by atoms with E-state index in [2.05, 4.69) is 5.32 Å². The predicted molar refractivity (Wildman–Crippen MR) is 66.3 cm³/mol. The first-order valence-electron chi connectivity index (χ1n) is 5.93. The van der Waals surface area contributed by atoms with Crippen LogP contribution in [0.4, 0.5) is 0 Å². The minimum absolute atomic E-state index is 0.0330. The van der Waals surface area contributed by atoms with Gasteiger partial charge >= 0.3 is 5.97 Å². The summed E-state index contributed by atoms with van der Waals surface area (Å²) >= 11 is 0. The Kier molecular flexibility index (Phi) is 6.80. The van der Waals surface area contributed by atoms with Crippen molar-refractivity contribution in [2.75, 3.05) is 19.7 Å². The summed E-state index contributed by atoms with van der Waals surface area (Å²) in [5.74, 6) is -0.868. The largest absolute Gasteiger partial charge is 0.465 e. The van der Waals surface area contributed by atoms with Crippen LogP contribution in [0.3, 0.4) is 0 Å². The number of carbonyl (C=O) groups is 2. The molecule has 17 heavy (non-hydrogen) atoms. The van der Waals surface area contributed by atoms with E-state index in [0.717, 1.165) is 0 Å². The molecule has 100 valence electrons. The summed E-state index contributed by atoms with van der Waals surface area (Å²) in [4.78, 5) is 22.8. The number of esters is 1. The molecule has 0 aliphatic carbocycles. The van der Waals surface area contributed by atoms with Gasteiger partial charge in [-0.1, -0.05) is 20.8 Å². The van der Waals surface area contributed by atoms with Crippen LogP contribution < -0.4 is 11.1 Å². The number of nitrogens with one attached hydrogen (secondary N) is 1. The maximum Gasteiger partial charge on any atom is 0.325 e. The van der Waals surface area contributed by atoms with Gasteiger partial charge in [-0.3, -0.25) is 9.59 Å². The molecule has 0 aromatic heterocycles. The van der Waals surface area contributed by atoms with Gasteiger partial charge in [-0.25, -0.2) is 0 Å². The first-order chi connectivity index (χ1) is 7.80. The second-order valence-electron chi connectivity index (χ2n) is 5.22. The fourth-order valence-corrected chi connectivity index (χ4v) is 1.54. The molecule has 0 radical (unpaired) electrons. The third kappa shape index (κ3) is 7.74. The average molecular weight is 244 g/mol. The van der Waals surface area contributed by atoms with Crippen molar-refractivity contribution in [3.8, 4) is 0 Å². The zero-order valence-electron chi connectivity index (χ0n) is 11.2. The second kappa shape index (κ2) is 7.27. The number of amides is 1. The second-order valence-corrected chi connectivity index (χ2v) is 5.22. The Balaban J connectivity index is 4.13. The molecular weight excluding hydrogens is 220 g/mol. The topological polar surface area (TPSA) is 81.4 Å².